The molecule has 2 aromatic carbocycles. The van der Waals surface area contributed by atoms with Gasteiger partial charge in [-0.05, 0) is 42.8 Å². The number of rotatable bonds is 2. The van der Waals surface area contributed by atoms with Crippen LogP contribution in [0, 0.1) is 6.92 Å². The molecule has 96 valence electrons. The number of oxazole rings is 1. The second-order valence-electron chi connectivity index (χ2n) is 4.39. The molecular weight excluding hydrogens is 306 g/mol. The third-order valence-electron chi connectivity index (χ3n) is 2.71. The summed E-state index contributed by atoms with van der Waals surface area (Å²) >= 11 is 3.46. The van der Waals surface area contributed by atoms with Gasteiger partial charge in [-0.1, -0.05) is 15.9 Å². The van der Waals surface area contributed by atoms with Crippen molar-refractivity contribution in [2.45, 2.75) is 6.92 Å². The molecular formula is C14H12BrN3O. The largest absolute Gasteiger partial charge is 0.423 e. The van der Waals surface area contributed by atoms with E-state index in [1.165, 1.54) is 0 Å². The zero-order chi connectivity index (χ0) is 13.4. The van der Waals surface area contributed by atoms with Gasteiger partial charge in [0, 0.05) is 21.9 Å². The summed E-state index contributed by atoms with van der Waals surface area (Å²) in [5.41, 5.74) is 9.90. The van der Waals surface area contributed by atoms with Crippen LogP contribution in [0.4, 0.5) is 17.4 Å². The lowest BCUT2D eigenvalue weighted by molar-refractivity contribution is 0.623. The number of hydrogen-bond acceptors (Lipinski definition) is 4. The van der Waals surface area contributed by atoms with Crippen LogP contribution in [0.15, 0.2) is 45.3 Å². The van der Waals surface area contributed by atoms with Gasteiger partial charge in [0.25, 0.3) is 6.01 Å². The molecule has 1 aromatic heterocycles. The van der Waals surface area contributed by atoms with Crippen LogP contribution in [0.25, 0.3) is 11.1 Å². The summed E-state index contributed by atoms with van der Waals surface area (Å²) < 4.78 is 6.62. The zero-order valence-electron chi connectivity index (χ0n) is 10.3. The molecule has 3 aromatic rings. The summed E-state index contributed by atoms with van der Waals surface area (Å²) in [7, 11) is 0. The van der Waals surface area contributed by atoms with E-state index in [4.69, 9.17) is 10.2 Å². The molecule has 0 aliphatic heterocycles. The van der Waals surface area contributed by atoms with Gasteiger partial charge in [0.1, 0.15) is 5.52 Å². The molecule has 3 N–H and O–H groups in total. The van der Waals surface area contributed by atoms with Gasteiger partial charge in [-0.25, -0.2) is 0 Å². The van der Waals surface area contributed by atoms with Crippen LogP contribution >= 0.6 is 15.9 Å². The monoisotopic (exact) mass is 317 g/mol. The summed E-state index contributed by atoms with van der Waals surface area (Å²) in [6.07, 6.45) is 0. The molecule has 0 fully saturated rings. The van der Waals surface area contributed by atoms with Crippen LogP contribution in [0.1, 0.15) is 5.56 Å². The average Bonchev–Trinajstić information content (AvgIpc) is 2.68. The molecule has 5 heteroatoms. The Morgan fingerprint density at radius 3 is 2.84 bits per heavy atom. The first-order valence-electron chi connectivity index (χ1n) is 5.80. The number of fused-ring (bicyclic) bond motifs is 1. The van der Waals surface area contributed by atoms with E-state index < -0.39 is 0 Å². The third kappa shape index (κ3) is 2.56. The molecule has 0 saturated carbocycles. The molecule has 0 amide bonds. The molecule has 0 unspecified atom stereocenters. The van der Waals surface area contributed by atoms with Crippen molar-refractivity contribution in [1.29, 1.82) is 0 Å². The van der Waals surface area contributed by atoms with E-state index in [0.717, 1.165) is 21.2 Å². The molecule has 19 heavy (non-hydrogen) atoms. The maximum Gasteiger partial charge on any atom is 0.300 e. The van der Waals surface area contributed by atoms with E-state index >= 15 is 0 Å². The second-order valence-corrected chi connectivity index (χ2v) is 5.30. The normalized spacial score (nSPS) is 10.8. The minimum atomic E-state index is 0.457. The molecule has 3 rings (SSSR count). The Balaban J connectivity index is 1.96. The number of nitrogens with one attached hydrogen (secondary N) is 1. The fourth-order valence-corrected chi connectivity index (χ4v) is 2.53. The minimum absolute atomic E-state index is 0.457. The van der Waals surface area contributed by atoms with E-state index in [1.54, 1.807) is 12.1 Å². The number of nitrogen functional groups attached to an aromatic ring is 1. The van der Waals surface area contributed by atoms with Gasteiger partial charge in [-0.15, -0.1) is 0 Å². The molecule has 4 nitrogen and oxygen atoms in total. The van der Waals surface area contributed by atoms with Crippen molar-refractivity contribution < 1.29 is 4.42 Å². The summed E-state index contributed by atoms with van der Waals surface area (Å²) in [6, 6.07) is 11.9. The minimum Gasteiger partial charge on any atom is -0.423 e. The molecule has 1 heterocycles. The van der Waals surface area contributed by atoms with E-state index in [2.05, 4.69) is 26.2 Å². The van der Waals surface area contributed by atoms with Gasteiger partial charge in [0.05, 0.1) is 0 Å². The van der Waals surface area contributed by atoms with Crippen LogP contribution in [-0.2, 0) is 0 Å². The maximum absolute atomic E-state index is 5.71. The van der Waals surface area contributed by atoms with Gasteiger partial charge in [0.2, 0.25) is 0 Å². The van der Waals surface area contributed by atoms with Crippen molar-refractivity contribution in [3.63, 3.8) is 0 Å². The van der Waals surface area contributed by atoms with E-state index in [-0.39, 0.29) is 0 Å². The number of anilines is 3. The number of hydrogen-bond donors (Lipinski definition) is 2. The number of halogens is 1. The van der Waals surface area contributed by atoms with Crippen LogP contribution in [0.2, 0.25) is 0 Å². The smallest absolute Gasteiger partial charge is 0.300 e. The van der Waals surface area contributed by atoms with E-state index in [1.807, 2.05) is 31.2 Å². The Morgan fingerprint density at radius 2 is 2.05 bits per heavy atom. The lowest BCUT2D eigenvalue weighted by atomic mass is 10.2. The number of aryl methyl sites for hydroxylation is 1. The van der Waals surface area contributed by atoms with Gasteiger partial charge >= 0.3 is 0 Å². The molecule has 0 atom stereocenters. The Bertz CT molecular complexity index is 731. The lowest BCUT2D eigenvalue weighted by Crippen LogP contribution is -1.90. The first kappa shape index (κ1) is 12.0. The predicted octanol–water partition coefficient (Wildman–Crippen LogP) is 4.22. The highest BCUT2D eigenvalue weighted by atomic mass is 79.9. The SMILES string of the molecule is Cc1cc(Br)cc(Nc2nc3ccc(N)cc3o2)c1. The Hall–Kier alpha value is -2.01. The van der Waals surface area contributed by atoms with Gasteiger partial charge in [-0.3, -0.25) is 0 Å². The van der Waals surface area contributed by atoms with Crippen LogP contribution in [-0.4, -0.2) is 4.98 Å². The highest BCUT2D eigenvalue weighted by Crippen LogP contribution is 2.26. The highest BCUT2D eigenvalue weighted by Gasteiger charge is 2.06. The van der Waals surface area contributed by atoms with Crippen LogP contribution in [0.3, 0.4) is 0 Å². The fraction of sp³-hybridized carbons (Fsp3) is 0.0714. The van der Waals surface area contributed by atoms with E-state index in [0.29, 0.717) is 17.3 Å². The summed E-state index contributed by atoms with van der Waals surface area (Å²) in [5, 5.41) is 3.15. The average molecular weight is 318 g/mol. The van der Waals surface area contributed by atoms with Crippen molar-refractivity contribution in [1.82, 2.24) is 4.98 Å². The molecule has 0 saturated heterocycles. The van der Waals surface area contributed by atoms with Crippen molar-refractivity contribution in [3.8, 4) is 0 Å². The summed E-state index contributed by atoms with van der Waals surface area (Å²) in [4.78, 5) is 4.36. The Labute approximate surface area is 118 Å². The topological polar surface area (TPSA) is 64.1 Å². The number of nitrogens with two attached hydrogens (primary N) is 1. The summed E-state index contributed by atoms with van der Waals surface area (Å²) in [6.45, 7) is 2.03. The molecule has 0 spiro atoms. The Morgan fingerprint density at radius 1 is 1.21 bits per heavy atom. The van der Waals surface area contributed by atoms with Crippen LogP contribution in [0.5, 0.6) is 0 Å². The third-order valence-corrected chi connectivity index (χ3v) is 3.16. The zero-order valence-corrected chi connectivity index (χ0v) is 11.9. The van der Waals surface area contributed by atoms with Crippen LogP contribution < -0.4 is 11.1 Å². The number of aromatic nitrogens is 1. The van der Waals surface area contributed by atoms with Gasteiger partial charge in [-0.2, -0.15) is 4.98 Å². The van der Waals surface area contributed by atoms with Gasteiger partial charge < -0.3 is 15.5 Å². The second kappa shape index (κ2) is 4.59. The molecule has 0 aliphatic carbocycles. The first-order valence-corrected chi connectivity index (χ1v) is 6.60. The highest BCUT2D eigenvalue weighted by molar-refractivity contribution is 9.10. The van der Waals surface area contributed by atoms with Crippen molar-refractivity contribution in [3.05, 3.63) is 46.4 Å². The van der Waals surface area contributed by atoms with Crippen molar-refractivity contribution >= 4 is 44.4 Å². The predicted molar refractivity (Wildman–Crippen MR) is 80.6 cm³/mol. The number of nitrogens with zero attached hydrogens (tertiary/aromatic N) is 1. The van der Waals surface area contributed by atoms with Crippen molar-refractivity contribution in [2.75, 3.05) is 11.1 Å². The van der Waals surface area contributed by atoms with E-state index in [9.17, 15) is 0 Å². The molecule has 0 radical (unpaired) electrons. The standard InChI is InChI=1S/C14H12BrN3O/c1-8-4-9(15)6-11(5-8)17-14-18-12-3-2-10(16)7-13(12)19-14/h2-7H,16H2,1H3,(H,17,18). The fourth-order valence-electron chi connectivity index (χ4n) is 1.93. The maximum atomic E-state index is 5.71. The summed E-state index contributed by atoms with van der Waals surface area (Å²) in [5.74, 6) is 0. The van der Waals surface area contributed by atoms with Gasteiger partial charge in [0.15, 0.2) is 5.58 Å². The quantitative estimate of drug-likeness (QED) is 0.694. The first-order chi connectivity index (χ1) is 9.10. The molecule has 0 aliphatic rings. The van der Waals surface area contributed by atoms with Crippen molar-refractivity contribution in [2.24, 2.45) is 0 Å². The molecule has 0 bridgehead atoms. The Kier molecular flexibility index (Phi) is 2.91. The number of benzene rings is 2. The lowest BCUT2D eigenvalue weighted by Gasteiger charge is -2.03.